The van der Waals surface area contributed by atoms with Gasteiger partial charge in [0.2, 0.25) is 11.8 Å². The molecule has 0 spiro atoms. The van der Waals surface area contributed by atoms with Crippen LogP contribution in [0.2, 0.25) is 0 Å². The fourth-order valence-corrected chi connectivity index (χ4v) is 7.63. The van der Waals surface area contributed by atoms with E-state index in [4.69, 9.17) is 29.0 Å². The highest BCUT2D eigenvalue weighted by molar-refractivity contribution is 7.52. The number of nitrogens with zero attached hydrogens (tertiary/aromatic N) is 4. The summed E-state index contributed by atoms with van der Waals surface area (Å²) < 4.78 is 75.7. The van der Waals surface area contributed by atoms with Crippen molar-refractivity contribution >= 4 is 30.8 Å². The number of hydrogen-bond acceptors (Lipinski definition) is 12. The number of fused-ring (bicyclic) bond motifs is 2. The Hall–Kier alpha value is -3.43. The van der Waals surface area contributed by atoms with Gasteiger partial charge in [0, 0.05) is 0 Å². The van der Waals surface area contributed by atoms with Crippen molar-refractivity contribution in [3.63, 3.8) is 0 Å². The largest absolute Gasteiger partial charge is 0.476 e. The quantitative estimate of drug-likeness (QED) is 0.201. The van der Waals surface area contributed by atoms with Crippen LogP contribution in [0.1, 0.15) is 59.1 Å². The third-order valence-corrected chi connectivity index (χ3v) is 9.98. The van der Waals surface area contributed by atoms with Crippen LogP contribution in [0.25, 0.3) is 11.2 Å². The molecule has 3 heterocycles. The summed E-state index contributed by atoms with van der Waals surface area (Å²) in [5, 5.41) is 13.9. The first-order valence-electron chi connectivity index (χ1n) is 14.7. The number of aromatic nitrogens is 4. The molecule has 3 aliphatic rings. The molecule has 1 aliphatic heterocycles. The molecule has 1 aromatic carbocycles. The van der Waals surface area contributed by atoms with E-state index in [1.807, 2.05) is 0 Å². The molecule has 2 aromatic heterocycles. The highest BCUT2D eigenvalue weighted by Gasteiger charge is 2.96. The number of halogens is 2. The lowest BCUT2D eigenvalue weighted by molar-refractivity contribution is -0.157. The third kappa shape index (κ3) is 5.31. The first kappa shape index (κ1) is 31.5. The summed E-state index contributed by atoms with van der Waals surface area (Å²) >= 11 is 0. The molecule has 2 aliphatic carbocycles. The number of nitrogens with one attached hydrogen (secondary N) is 1. The molecule has 244 valence electrons. The van der Waals surface area contributed by atoms with Gasteiger partial charge in [-0.3, -0.25) is 13.9 Å². The van der Waals surface area contributed by atoms with Gasteiger partial charge in [0.05, 0.1) is 12.9 Å². The van der Waals surface area contributed by atoms with Gasteiger partial charge >= 0.3 is 13.7 Å². The van der Waals surface area contributed by atoms with Crippen molar-refractivity contribution in [1.29, 1.82) is 0 Å². The molecule has 1 unspecified atom stereocenters. The molecule has 45 heavy (non-hydrogen) atoms. The van der Waals surface area contributed by atoms with Gasteiger partial charge in [-0.15, -0.1) is 0 Å². The van der Waals surface area contributed by atoms with E-state index in [-0.39, 0.29) is 41.5 Å². The van der Waals surface area contributed by atoms with Crippen LogP contribution < -0.4 is 20.1 Å². The average Bonchev–Trinajstić information content (AvgIpc) is 3.23. The zero-order chi connectivity index (χ0) is 32.2. The van der Waals surface area contributed by atoms with Crippen LogP contribution in [0.4, 0.5) is 14.7 Å². The summed E-state index contributed by atoms with van der Waals surface area (Å²) in [6, 6.07) is 6.53. The molecule has 3 fully saturated rings. The van der Waals surface area contributed by atoms with E-state index in [1.54, 1.807) is 25.1 Å². The first-order chi connectivity index (χ1) is 21.3. The number of imidazole rings is 1. The maximum absolute atomic E-state index is 16.6. The Morgan fingerprint density at radius 2 is 1.96 bits per heavy atom. The lowest BCUT2D eigenvalue weighted by Crippen LogP contribution is -2.45. The second-order valence-corrected chi connectivity index (χ2v) is 13.2. The number of nitrogen functional groups attached to an aromatic ring is 1. The molecule has 14 nitrogen and oxygen atoms in total. The second kappa shape index (κ2) is 11.4. The minimum Gasteiger partial charge on any atom is -0.476 e. The van der Waals surface area contributed by atoms with E-state index in [1.165, 1.54) is 19.1 Å². The Morgan fingerprint density at radius 1 is 1.24 bits per heavy atom. The van der Waals surface area contributed by atoms with Crippen LogP contribution in [-0.4, -0.2) is 72.6 Å². The molecule has 1 saturated heterocycles. The molecule has 0 bridgehead atoms. The summed E-state index contributed by atoms with van der Waals surface area (Å²) in [7, 11) is -4.70. The molecule has 3 aromatic rings. The number of aliphatic hydroxyl groups is 1. The second-order valence-electron chi connectivity index (χ2n) is 11.5. The van der Waals surface area contributed by atoms with Crippen LogP contribution in [0, 0.1) is 0 Å². The van der Waals surface area contributed by atoms with Gasteiger partial charge in [0.25, 0.3) is 5.85 Å². The van der Waals surface area contributed by atoms with Gasteiger partial charge in [-0.05, 0) is 58.6 Å². The number of benzene rings is 1. The zero-order valence-electron chi connectivity index (χ0n) is 24.9. The summed E-state index contributed by atoms with van der Waals surface area (Å²) in [4.78, 5) is 25.1. The number of hydrogen-bond donors (Lipinski definition) is 3. The van der Waals surface area contributed by atoms with Gasteiger partial charge < -0.3 is 29.6 Å². The maximum Gasteiger partial charge on any atom is 0.460 e. The number of carbonyl (C=O) groups is 1. The van der Waals surface area contributed by atoms with Crippen molar-refractivity contribution in [2.45, 2.75) is 94.5 Å². The van der Waals surface area contributed by atoms with Gasteiger partial charge in [-0.25, -0.2) is 18.3 Å². The van der Waals surface area contributed by atoms with Gasteiger partial charge in [0.15, 0.2) is 34.8 Å². The smallest absolute Gasteiger partial charge is 0.460 e. The van der Waals surface area contributed by atoms with E-state index < -0.39 is 49.2 Å². The maximum atomic E-state index is 16.6. The number of rotatable bonds is 11. The standard InChI is InChI=1S/C28H35F2N6O8P/c1-4-40-21-19-20(33-25(31)34-21)36(15-32-19)24-26(3,29)27(38)23(28(27,30)42-24)44-45(39,43-18-13-9-6-10-14-18)35-16(2)22(37)41-17-11-7-5-8-12-17/h6,9-10,13-17,23-24,38H,4-5,7-8,11-12H2,1-3H3,(H,35,39)(H2,31,33,34)/t16-,23?,24+,26-,27-,28+,45-/m0/s1. The first-order valence-corrected chi connectivity index (χ1v) is 16.3. The minimum absolute atomic E-state index is 0.0264. The van der Waals surface area contributed by atoms with Crippen molar-refractivity contribution in [2.24, 2.45) is 0 Å². The lowest BCUT2D eigenvalue weighted by Gasteiger charge is -2.31. The molecular weight excluding hydrogens is 617 g/mol. The average molecular weight is 653 g/mol. The van der Waals surface area contributed by atoms with Gasteiger partial charge in [-0.2, -0.15) is 15.1 Å². The molecule has 4 N–H and O–H groups in total. The molecule has 6 rings (SSSR count). The molecule has 0 amide bonds. The number of alkyl halides is 2. The van der Waals surface area contributed by atoms with Crippen LogP contribution in [0.3, 0.4) is 0 Å². The SMILES string of the molecule is CCOc1nc(N)nc2c1ncn2[C@@H]1O[C@]2(F)C(O[P@](=O)(N[C@@H](C)C(=O)OC3CCCCC3)Oc3ccccc3)[C@]2(O)[C@@]1(C)F. The van der Waals surface area contributed by atoms with Crippen molar-refractivity contribution in [1.82, 2.24) is 24.6 Å². The number of carbonyl (C=O) groups excluding carboxylic acids is 1. The van der Waals surface area contributed by atoms with E-state index >= 15 is 8.78 Å². The summed E-state index contributed by atoms with van der Waals surface area (Å²) in [5.74, 6) is -4.06. The summed E-state index contributed by atoms with van der Waals surface area (Å²) in [6.45, 7) is 4.22. The number of ether oxygens (including phenoxy) is 3. The van der Waals surface area contributed by atoms with E-state index in [2.05, 4.69) is 20.0 Å². The molecule has 17 heteroatoms. The Balaban J connectivity index is 1.25. The number of anilines is 1. The van der Waals surface area contributed by atoms with Crippen molar-refractivity contribution in [3.8, 4) is 11.6 Å². The number of esters is 1. The van der Waals surface area contributed by atoms with Crippen molar-refractivity contribution in [2.75, 3.05) is 12.3 Å². The van der Waals surface area contributed by atoms with Crippen LogP contribution in [0.5, 0.6) is 11.6 Å². The Labute approximate surface area is 257 Å². The van der Waals surface area contributed by atoms with E-state index in [0.717, 1.165) is 37.1 Å². The van der Waals surface area contributed by atoms with Crippen LogP contribution in [0.15, 0.2) is 36.7 Å². The van der Waals surface area contributed by atoms with Gasteiger partial charge in [-0.1, -0.05) is 24.6 Å². The highest BCUT2D eigenvalue weighted by Crippen LogP contribution is 2.73. The van der Waals surface area contributed by atoms with E-state index in [0.29, 0.717) is 12.8 Å². The number of nitrogens with two attached hydrogens (primary N) is 1. The molecule has 0 radical (unpaired) electrons. The minimum atomic E-state index is -4.70. The molecular formula is C28H35F2N6O8P. The Bertz CT molecular complexity index is 1630. The predicted octanol–water partition coefficient (Wildman–Crippen LogP) is 3.90. The van der Waals surface area contributed by atoms with Crippen LogP contribution >= 0.6 is 7.75 Å². The third-order valence-electron chi connectivity index (χ3n) is 8.34. The zero-order valence-corrected chi connectivity index (χ0v) is 25.8. The molecule has 7 atom stereocenters. The topological polar surface area (TPSA) is 182 Å². The normalized spacial score (nSPS) is 31.6. The van der Waals surface area contributed by atoms with E-state index in [9.17, 15) is 14.5 Å². The highest BCUT2D eigenvalue weighted by atomic mass is 31.2. The fraction of sp³-hybridized carbons (Fsp3) is 0.571. The lowest BCUT2D eigenvalue weighted by atomic mass is 9.97. The summed E-state index contributed by atoms with van der Waals surface area (Å²) in [5.41, 5.74) is 0.00209. The summed E-state index contributed by atoms with van der Waals surface area (Å²) in [6.07, 6.45) is 1.20. The molecule has 2 saturated carbocycles. The van der Waals surface area contributed by atoms with Crippen molar-refractivity contribution in [3.05, 3.63) is 36.7 Å². The van der Waals surface area contributed by atoms with Crippen LogP contribution in [-0.2, 0) is 23.4 Å². The Kier molecular flexibility index (Phi) is 8.01. The number of para-hydroxylation sites is 1. The Morgan fingerprint density at radius 3 is 2.60 bits per heavy atom. The predicted molar refractivity (Wildman–Crippen MR) is 154 cm³/mol. The fourth-order valence-electron chi connectivity index (χ4n) is 5.93. The van der Waals surface area contributed by atoms with Crippen molar-refractivity contribution < 1.29 is 46.5 Å². The van der Waals surface area contributed by atoms with Gasteiger partial charge in [0.1, 0.15) is 17.9 Å². The monoisotopic (exact) mass is 652 g/mol.